The molecule has 138 valence electrons. The van der Waals surface area contributed by atoms with Gasteiger partial charge in [0.1, 0.15) is 4.90 Å². The largest absolute Gasteiger partial charge is 0.452 e. The molecule has 0 bridgehead atoms. The Bertz CT molecular complexity index is 747. The average molecular weight is 389 g/mol. The Morgan fingerprint density at radius 1 is 1.36 bits per heavy atom. The van der Waals surface area contributed by atoms with Crippen LogP contribution in [0.5, 0.6) is 0 Å². The second-order valence-corrected chi connectivity index (χ2v) is 7.70. The smallest absolute Gasteiger partial charge is 0.338 e. The lowest BCUT2D eigenvalue weighted by atomic mass is 10.2. The van der Waals surface area contributed by atoms with E-state index in [-0.39, 0.29) is 27.9 Å². The molecule has 0 aliphatic carbocycles. The zero-order valence-corrected chi connectivity index (χ0v) is 15.6. The summed E-state index contributed by atoms with van der Waals surface area (Å²) in [7, 11) is -3.90. The number of halogens is 1. The fraction of sp³-hybridized carbons (Fsp3) is 0.375. The summed E-state index contributed by atoms with van der Waals surface area (Å²) in [5.41, 5.74) is -0.0277. The molecule has 0 saturated heterocycles. The van der Waals surface area contributed by atoms with Crippen molar-refractivity contribution >= 4 is 33.5 Å². The van der Waals surface area contributed by atoms with Crippen LogP contribution in [-0.2, 0) is 19.6 Å². The van der Waals surface area contributed by atoms with Gasteiger partial charge in [0.25, 0.3) is 5.91 Å². The minimum Gasteiger partial charge on any atom is -0.452 e. The van der Waals surface area contributed by atoms with Gasteiger partial charge >= 0.3 is 5.97 Å². The standard InChI is InChI=1S/C16H21ClN2O5S/c1-4-7-19-25(22,23)14-8-12(5-6-13(14)17)16(21)24-10-15(20)18-9-11(2)3/h4-6,8,11,19H,1,7,9-10H2,2-3H3,(H,18,20). The van der Waals surface area contributed by atoms with Gasteiger partial charge in [0.05, 0.1) is 10.6 Å². The quantitative estimate of drug-likeness (QED) is 0.495. The molecule has 1 amide bonds. The minimum absolute atomic E-state index is 0.0172. The SMILES string of the molecule is C=CCNS(=O)(=O)c1cc(C(=O)OCC(=O)NCC(C)C)ccc1Cl. The number of rotatable bonds is 9. The molecule has 0 saturated carbocycles. The highest BCUT2D eigenvalue weighted by Gasteiger charge is 2.20. The van der Waals surface area contributed by atoms with Gasteiger partial charge in [0.2, 0.25) is 10.0 Å². The van der Waals surface area contributed by atoms with Crippen LogP contribution in [-0.4, -0.2) is 40.0 Å². The Labute approximate surface area is 152 Å². The van der Waals surface area contributed by atoms with Crippen LogP contribution in [0, 0.1) is 5.92 Å². The molecule has 25 heavy (non-hydrogen) atoms. The van der Waals surface area contributed by atoms with Crippen molar-refractivity contribution in [1.82, 2.24) is 10.0 Å². The summed E-state index contributed by atoms with van der Waals surface area (Å²) in [6.45, 7) is 7.32. The average Bonchev–Trinajstić information content (AvgIpc) is 2.56. The van der Waals surface area contributed by atoms with Gasteiger partial charge in [-0.3, -0.25) is 4.79 Å². The van der Waals surface area contributed by atoms with E-state index < -0.39 is 28.5 Å². The molecule has 2 N–H and O–H groups in total. The number of nitrogens with one attached hydrogen (secondary N) is 2. The molecular weight excluding hydrogens is 368 g/mol. The topological polar surface area (TPSA) is 102 Å². The first-order valence-electron chi connectivity index (χ1n) is 7.51. The van der Waals surface area contributed by atoms with Gasteiger partial charge in [-0.25, -0.2) is 17.9 Å². The van der Waals surface area contributed by atoms with Crippen molar-refractivity contribution in [3.8, 4) is 0 Å². The van der Waals surface area contributed by atoms with Crippen LogP contribution in [0.3, 0.4) is 0 Å². The maximum absolute atomic E-state index is 12.1. The number of amides is 1. The highest BCUT2D eigenvalue weighted by molar-refractivity contribution is 7.89. The Kier molecular flexibility index (Phi) is 8.08. The van der Waals surface area contributed by atoms with Crippen LogP contribution in [0.2, 0.25) is 5.02 Å². The van der Waals surface area contributed by atoms with Crippen LogP contribution in [0.4, 0.5) is 0 Å². The Balaban J connectivity index is 2.82. The monoisotopic (exact) mass is 388 g/mol. The molecule has 9 heteroatoms. The van der Waals surface area contributed by atoms with Gasteiger partial charge in [-0.1, -0.05) is 31.5 Å². The summed E-state index contributed by atoms with van der Waals surface area (Å²) < 4.78 is 31.4. The van der Waals surface area contributed by atoms with E-state index in [2.05, 4.69) is 16.6 Å². The first kappa shape index (κ1) is 21.1. The number of benzene rings is 1. The number of sulfonamides is 1. The maximum atomic E-state index is 12.1. The number of hydrogen-bond acceptors (Lipinski definition) is 5. The number of ether oxygens (including phenoxy) is 1. The Morgan fingerprint density at radius 2 is 2.04 bits per heavy atom. The number of hydrogen-bond donors (Lipinski definition) is 2. The third kappa shape index (κ3) is 6.85. The van der Waals surface area contributed by atoms with Crippen molar-refractivity contribution < 1.29 is 22.7 Å². The highest BCUT2D eigenvalue weighted by Crippen LogP contribution is 2.23. The Hall–Kier alpha value is -1.90. The molecule has 0 spiro atoms. The van der Waals surface area contributed by atoms with E-state index >= 15 is 0 Å². The molecule has 0 unspecified atom stereocenters. The lowest BCUT2D eigenvalue weighted by Crippen LogP contribution is -2.31. The van der Waals surface area contributed by atoms with Crippen LogP contribution >= 0.6 is 11.6 Å². The van der Waals surface area contributed by atoms with Gasteiger partial charge in [0.15, 0.2) is 6.61 Å². The summed E-state index contributed by atoms with van der Waals surface area (Å²) >= 11 is 5.90. The molecule has 0 radical (unpaired) electrons. The van der Waals surface area contributed by atoms with Crippen LogP contribution in [0.1, 0.15) is 24.2 Å². The highest BCUT2D eigenvalue weighted by atomic mass is 35.5. The fourth-order valence-electron chi connectivity index (χ4n) is 1.67. The van der Waals surface area contributed by atoms with Crippen molar-refractivity contribution in [2.45, 2.75) is 18.7 Å². The summed E-state index contributed by atoms with van der Waals surface area (Å²) in [6, 6.07) is 3.70. The molecule has 0 aromatic heterocycles. The van der Waals surface area contributed by atoms with Gasteiger partial charge < -0.3 is 10.1 Å². The molecule has 0 aliphatic heterocycles. The van der Waals surface area contributed by atoms with E-state index in [9.17, 15) is 18.0 Å². The normalized spacial score (nSPS) is 11.2. The van der Waals surface area contributed by atoms with E-state index in [1.165, 1.54) is 18.2 Å². The Morgan fingerprint density at radius 3 is 2.64 bits per heavy atom. The molecule has 0 heterocycles. The van der Waals surface area contributed by atoms with Crippen molar-refractivity contribution in [3.05, 3.63) is 41.4 Å². The summed E-state index contributed by atoms with van der Waals surface area (Å²) in [5, 5.41) is 2.57. The molecule has 1 rings (SSSR count). The third-order valence-corrected chi connectivity index (χ3v) is 4.82. The number of carbonyl (C=O) groups is 2. The van der Waals surface area contributed by atoms with Crippen LogP contribution in [0.25, 0.3) is 0 Å². The predicted octanol–water partition coefficient (Wildman–Crippen LogP) is 1.73. The van der Waals surface area contributed by atoms with E-state index in [1.54, 1.807) is 0 Å². The fourth-order valence-corrected chi connectivity index (χ4v) is 3.19. The zero-order chi connectivity index (χ0) is 19.0. The molecule has 0 atom stereocenters. The zero-order valence-electron chi connectivity index (χ0n) is 14.0. The first-order valence-corrected chi connectivity index (χ1v) is 9.37. The lowest BCUT2D eigenvalue weighted by Gasteiger charge is -2.10. The van der Waals surface area contributed by atoms with Crippen LogP contribution < -0.4 is 10.0 Å². The van der Waals surface area contributed by atoms with Crippen molar-refractivity contribution in [1.29, 1.82) is 0 Å². The summed E-state index contributed by atoms with van der Waals surface area (Å²) in [5.74, 6) is -0.986. The minimum atomic E-state index is -3.90. The third-order valence-electron chi connectivity index (χ3n) is 2.92. The summed E-state index contributed by atoms with van der Waals surface area (Å²) in [6.07, 6.45) is 1.37. The van der Waals surface area contributed by atoms with E-state index in [0.717, 1.165) is 6.07 Å². The van der Waals surface area contributed by atoms with Crippen LogP contribution in [0.15, 0.2) is 35.7 Å². The molecule has 0 fully saturated rings. The van der Waals surface area contributed by atoms with Crippen molar-refractivity contribution in [2.75, 3.05) is 19.7 Å². The van der Waals surface area contributed by atoms with Gasteiger partial charge in [-0.05, 0) is 24.1 Å². The van der Waals surface area contributed by atoms with E-state index in [1.807, 2.05) is 13.8 Å². The second-order valence-electron chi connectivity index (χ2n) is 5.56. The van der Waals surface area contributed by atoms with Crippen molar-refractivity contribution in [2.24, 2.45) is 5.92 Å². The predicted molar refractivity (Wildman–Crippen MR) is 95.0 cm³/mol. The number of esters is 1. The van der Waals surface area contributed by atoms with Gasteiger partial charge in [-0.2, -0.15) is 0 Å². The first-order chi connectivity index (χ1) is 11.7. The number of carbonyl (C=O) groups excluding carboxylic acids is 2. The molecule has 1 aromatic rings. The van der Waals surface area contributed by atoms with E-state index in [0.29, 0.717) is 6.54 Å². The van der Waals surface area contributed by atoms with Crippen molar-refractivity contribution in [3.63, 3.8) is 0 Å². The lowest BCUT2D eigenvalue weighted by molar-refractivity contribution is -0.124. The summed E-state index contributed by atoms with van der Waals surface area (Å²) in [4.78, 5) is 23.3. The second kappa shape index (κ2) is 9.55. The molecule has 0 aliphatic rings. The molecule has 1 aromatic carbocycles. The van der Waals surface area contributed by atoms with Gasteiger partial charge in [-0.15, -0.1) is 6.58 Å². The maximum Gasteiger partial charge on any atom is 0.338 e. The molecule has 7 nitrogen and oxygen atoms in total. The van der Waals surface area contributed by atoms with Gasteiger partial charge in [0, 0.05) is 13.1 Å². The molecular formula is C16H21ClN2O5S. The van der Waals surface area contributed by atoms with E-state index in [4.69, 9.17) is 16.3 Å².